The number of carbonyl (C=O) groups is 1. The van der Waals surface area contributed by atoms with Crippen LogP contribution in [0.4, 0.5) is 0 Å². The molecule has 6 nitrogen and oxygen atoms in total. The first-order chi connectivity index (χ1) is 10.5. The van der Waals surface area contributed by atoms with Gasteiger partial charge in [0.2, 0.25) is 0 Å². The van der Waals surface area contributed by atoms with Crippen LogP contribution in [0.5, 0.6) is 11.5 Å². The SMILES string of the molecule is COc1cccc(OC)c1C(=O)N(C)Cc1cnn(C)c1C. The summed E-state index contributed by atoms with van der Waals surface area (Å²) in [5, 5.41) is 4.20. The number of amides is 1. The molecule has 0 aliphatic heterocycles. The molecule has 6 heteroatoms. The summed E-state index contributed by atoms with van der Waals surface area (Å²) in [6.07, 6.45) is 1.78. The number of carbonyl (C=O) groups excluding carboxylic acids is 1. The van der Waals surface area contributed by atoms with E-state index in [4.69, 9.17) is 9.47 Å². The largest absolute Gasteiger partial charge is 0.496 e. The van der Waals surface area contributed by atoms with Gasteiger partial charge in [-0.05, 0) is 19.1 Å². The Bertz CT molecular complexity index is 657. The van der Waals surface area contributed by atoms with Crippen molar-refractivity contribution in [2.24, 2.45) is 7.05 Å². The van der Waals surface area contributed by atoms with Crippen LogP contribution in [0.1, 0.15) is 21.6 Å². The number of rotatable bonds is 5. The van der Waals surface area contributed by atoms with E-state index in [2.05, 4.69) is 5.10 Å². The fraction of sp³-hybridized carbons (Fsp3) is 0.375. The summed E-state index contributed by atoms with van der Waals surface area (Å²) >= 11 is 0. The minimum Gasteiger partial charge on any atom is -0.496 e. The molecule has 22 heavy (non-hydrogen) atoms. The van der Waals surface area contributed by atoms with Crippen molar-refractivity contribution in [1.29, 1.82) is 0 Å². The van der Waals surface area contributed by atoms with Gasteiger partial charge in [0.25, 0.3) is 5.91 Å². The maximum atomic E-state index is 12.8. The normalized spacial score (nSPS) is 10.4. The Balaban J connectivity index is 2.29. The van der Waals surface area contributed by atoms with E-state index in [1.807, 2.05) is 14.0 Å². The Kier molecular flexibility index (Phi) is 4.70. The number of ether oxygens (including phenoxy) is 2. The van der Waals surface area contributed by atoms with Gasteiger partial charge in [0, 0.05) is 31.9 Å². The minimum atomic E-state index is -0.155. The molecule has 118 valence electrons. The molecule has 0 atom stereocenters. The van der Waals surface area contributed by atoms with Crippen LogP contribution in [-0.2, 0) is 13.6 Å². The molecule has 0 saturated carbocycles. The lowest BCUT2D eigenvalue weighted by molar-refractivity contribution is 0.0778. The summed E-state index contributed by atoms with van der Waals surface area (Å²) in [6.45, 7) is 2.45. The second-order valence-electron chi connectivity index (χ2n) is 5.08. The lowest BCUT2D eigenvalue weighted by atomic mass is 10.1. The Morgan fingerprint density at radius 3 is 2.32 bits per heavy atom. The van der Waals surface area contributed by atoms with E-state index in [-0.39, 0.29) is 5.91 Å². The predicted octanol–water partition coefficient (Wildman–Crippen LogP) is 2.02. The van der Waals surface area contributed by atoms with Crippen molar-refractivity contribution in [2.45, 2.75) is 13.5 Å². The Morgan fingerprint density at radius 2 is 1.86 bits per heavy atom. The third-order valence-corrected chi connectivity index (χ3v) is 3.73. The van der Waals surface area contributed by atoms with E-state index < -0.39 is 0 Å². The lowest BCUT2D eigenvalue weighted by Crippen LogP contribution is -2.27. The highest BCUT2D eigenvalue weighted by molar-refractivity contribution is 5.99. The van der Waals surface area contributed by atoms with E-state index in [1.54, 1.807) is 41.0 Å². The van der Waals surface area contributed by atoms with Crippen LogP contribution < -0.4 is 9.47 Å². The summed E-state index contributed by atoms with van der Waals surface area (Å²) < 4.78 is 12.4. The second-order valence-corrected chi connectivity index (χ2v) is 5.08. The van der Waals surface area contributed by atoms with Gasteiger partial charge in [-0.2, -0.15) is 5.10 Å². The topological polar surface area (TPSA) is 56.6 Å². The Morgan fingerprint density at radius 1 is 1.27 bits per heavy atom. The molecule has 0 radical (unpaired) electrons. The van der Waals surface area contributed by atoms with Crippen molar-refractivity contribution in [3.8, 4) is 11.5 Å². The van der Waals surface area contributed by atoms with Crippen molar-refractivity contribution in [3.63, 3.8) is 0 Å². The van der Waals surface area contributed by atoms with Gasteiger partial charge in [-0.1, -0.05) is 6.07 Å². The lowest BCUT2D eigenvalue weighted by Gasteiger charge is -2.20. The molecule has 2 rings (SSSR count). The van der Waals surface area contributed by atoms with Crippen LogP contribution in [0, 0.1) is 6.92 Å². The number of nitrogens with zero attached hydrogens (tertiary/aromatic N) is 3. The predicted molar refractivity (Wildman–Crippen MR) is 83.3 cm³/mol. The van der Waals surface area contributed by atoms with Crippen LogP contribution in [-0.4, -0.2) is 41.9 Å². The van der Waals surface area contributed by atoms with Crippen LogP contribution >= 0.6 is 0 Å². The molecule has 0 N–H and O–H groups in total. The highest BCUT2D eigenvalue weighted by Crippen LogP contribution is 2.29. The first kappa shape index (κ1) is 15.9. The number of aryl methyl sites for hydroxylation is 1. The molecule has 0 fully saturated rings. The van der Waals surface area contributed by atoms with Gasteiger partial charge >= 0.3 is 0 Å². The molecular formula is C16H21N3O3. The fourth-order valence-electron chi connectivity index (χ4n) is 2.28. The van der Waals surface area contributed by atoms with E-state index in [9.17, 15) is 4.79 Å². The summed E-state index contributed by atoms with van der Waals surface area (Å²) in [7, 11) is 6.71. The van der Waals surface area contributed by atoms with Crippen LogP contribution in [0.15, 0.2) is 24.4 Å². The molecule has 0 saturated heterocycles. The maximum absolute atomic E-state index is 12.8. The van der Waals surface area contributed by atoms with Crippen LogP contribution in [0.3, 0.4) is 0 Å². The van der Waals surface area contributed by atoms with Gasteiger partial charge in [-0.25, -0.2) is 0 Å². The highest BCUT2D eigenvalue weighted by atomic mass is 16.5. The van der Waals surface area contributed by atoms with Gasteiger partial charge in [-0.15, -0.1) is 0 Å². The van der Waals surface area contributed by atoms with Crippen molar-refractivity contribution in [2.75, 3.05) is 21.3 Å². The van der Waals surface area contributed by atoms with Crippen molar-refractivity contribution in [1.82, 2.24) is 14.7 Å². The summed E-state index contributed by atoms with van der Waals surface area (Å²) in [6, 6.07) is 5.29. The molecule has 1 amide bonds. The molecular weight excluding hydrogens is 282 g/mol. The van der Waals surface area contributed by atoms with Crippen molar-refractivity contribution < 1.29 is 14.3 Å². The zero-order valence-corrected chi connectivity index (χ0v) is 13.6. The first-order valence-corrected chi connectivity index (χ1v) is 6.93. The van der Waals surface area contributed by atoms with Gasteiger partial charge in [0.05, 0.1) is 20.4 Å². The molecule has 1 aromatic carbocycles. The quantitative estimate of drug-likeness (QED) is 0.848. The molecule has 0 unspecified atom stereocenters. The Labute approximate surface area is 130 Å². The van der Waals surface area contributed by atoms with Gasteiger partial charge in [0.1, 0.15) is 17.1 Å². The van der Waals surface area contributed by atoms with Crippen molar-refractivity contribution in [3.05, 3.63) is 41.2 Å². The smallest absolute Gasteiger partial charge is 0.261 e. The zero-order valence-electron chi connectivity index (χ0n) is 13.6. The molecule has 0 spiro atoms. The summed E-state index contributed by atoms with van der Waals surface area (Å²) in [4.78, 5) is 14.4. The molecule has 0 bridgehead atoms. The average Bonchev–Trinajstić information content (AvgIpc) is 2.85. The van der Waals surface area contributed by atoms with E-state index in [0.29, 0.717) is 23.6 Å². The molecule has 2 aromatic rings. The van der Waals surface area contributed by atoms with Crippen LogP contribution in [0.2, 0.25) is 0 Å². The number of hydrogen-bond acceptors (Lipinski definition) is 4. The Hall–Kier alpha value is -2.50. The van der Waals surface area contributed by atoms with E-state index in [1.165, 1.54) is 14.2 Å². The number of benzene rings is 1. The van der Waals surface area contributed by atoms with Crippen LogP contribution in [0.25, 0.3) is 0 Å². The second kappa shape index (κ2) is 6.51. The third-order valence-electron chi connectivity index (χ3n) is 3.73. The zero-order chi connectivity index (χ0) is 16.3. The number of methoxy groups -OCH3 is 2. The summed E-state index contributed by atoms with van der Waals surface area (Å²) in [5.41, 5.74) is 2.47. The standard InChI is InChI=1S/C16H21N3O3/c1-11-12(9-17-19(11)3)10-18(2)16(20)15-13(21-4)7-6-8-14(15)22-5/h6-9H,10H2,1-5H3. The molecule has 1 aromatic heterocycles. The molecule has 1 heterocycles. The maximum Gasteiger partial charge on any atom is 0.261 e. The van der Waals surface area contributed by atoms with Gasteiger partial charge in [-0.3, -0.25) is 9.48 Å². The number of hydrogen-bond donors (Lipinski definition) is 0. The molecule has 0 aliphatic rings. The van der Waals surface area contributed by atoms with Crippen molar-refractivity contribution >= 4 is 5.91 Å². The van der Waals surface area contributed by atoms with Gasteiger partial charge < -0.3 is 14.4 Å². The molecule has 0 aliphatic carbocycles. The number of aromatic nitrogens is 2. The third kappa shape index (κ3) is 2.90. The minimum absolute atomic E-state index is 0.155. The van der Waals surface area contributed by atoms with E-state index >= 15 is 0 Å². The van der Waals surface area contributed by atoms with Gasteiger partial charge in [0.15, 0.2) is 0 Å². The average molecular weight is 303 g/mol. The summed E-state index contributed by atoms with van der Waals surface area (Å²) in [5.74, 6) is 0.843. The first-order valence-electron chi connectivity index (χ1n) is 6.93. The fourth-order valence-corrected chi connectivity index (χ4v) is 2.28. The highest BCUT2D eigenvalue weighted by Gasteiger charge is 2.22. The van der Waals surface area contributed by atoms with E-state index in [0.717, 1.165) is 11.3 Å². The monoisotopic (exact) mass is 303 g/mol.